The summed E-state index contributed by atoms with van der Waals surface area (Å²) in [6.07, 6.45) is 2.00. The average Bonchev–Trinajstić information content (AvgIpc) is 2.34. The van der Waals surface area contributed by atoms with Crippen LogP contribution in [-0.2, 0) is 0 Å². The quantitative estimate of drug-likeness (QED) is 0.621. The predicted octanol–water partition coefficient (Wildman–Crippen LogP) is 2.53. The van der Waals surface area contributed by atoms with Gasteiger partial charge in [-0.25, -0.2) is 4.79 Å². The highest BCUT2D eigenvalue weighted by atomic mass is 16.6. The second-order valence-corrected chi connectivity index (χ2v) is 4.04. The van der Waals surface area contributed by atoms with Gasteiger partial charge in [0, 0.05) is 25.3 Å². The van der Waals surface area contributed by atoms with Crippen LogP contribution in [0.2, 0.25) is 0 Å². The molecule has 0 spiro atoms. The maximum absolute atomic E-state index is 10.9. The van der Waals surface area contributed by atoms with E-state index in [9.17, 15) is 14.9 Å². The van der Waals surface area contributed by atoms with Gasteiger partial charge in [0.25, 0.3) is 5.69 Å². The molecule has 0 aromatic heterocycles. The van der Waals surface area contributed by atoms with Gasteiger partial charge in [-0.05, 0) is 18.6 Å². The second-order valence-electron chi connectivity index (χ2n) is 4.04. The molecule has 0 aliphatic rings. The van der Waals surface area contributed by atoms with Crippen LogP contribution in [0.4, 0.5) is 11.4 Å². The summed E-state index contributed by atoms with van der Waals surface area (Å²) in [5, 5.41) is 19.7. The molecule has 98 valence electrons. The van der Waals surface area contributed by atoms with Crippen molar-refractivity contribution in [2.45, 2.75) is 19.8 Å². The first kappa shape index (κ1) is 14.0. The lowest BCUT2D eigenvalue weighted by Gasteiger charge is -2.18. The van der Waals surface area contributed by atoms with Gasteiger partial charge in [0.1, 0.15) is 5.56 Å². The summed E-state index contributed by atoms with van der Waals surface area (Å²) in [6.45, 7) is 2.84. The lowest BCUT2D eigenvalue weighted by Crippen LogP contribution is -2.18. The topological polar surface area (TPSA) is 83.7 Å². The number of hydrogen-bond donors (Lipinski definition) is 1. The highest BCUT2D eigenvalue weighted by Gasteiger charge is 2.20. The van der Waals surface area contributed by atoms with Crippen LogP contribution < -0.4 is 4.90 Å². The predicted molar refractivity (Wildman–Crippen MR) is 68.2 cm³/mol. The zero-order chi connectivity index (χ0) is 13.7. The summed E-state index contributed by atoms with van der Waals surface area (Å²) in [4.78, 5) is 22.9. The molecule has 0 saturated carbocycles. The van der Waals surface area contributed by atoms with Gasteiger partial charge in [0.15, 0.2) is 0 Å². The third-order valence-corrected chi connectivity index (χ3v) is 2.70. The molecule has 1 aromatic rings. The van der Waals surface area contributed by atoms with E-state index in [4.69, 9.17) is 5.11 Å². The van der Waals surface area contributed by atoms with Gasteiger partial charge in [-0.3, -0.25) is 10.1 Å². The van der Waals surface area contributed by atoms with Crippen molar-refractivity contribution in [2.75, 3.05) is 18.5 Å². The number of carboxylic acids is 1. The van der Waals surface area contributed by atoms with Crippen molar-refractivity contribution in [3.63, 3.8) is 0 Å². The summed E-state index contributed by atoms with van der Waals surface area (Å²) in [5.41, 5.74) is -0.00357. The average molecular weight is 252 g/mol. The Morgan fingerprint density at radius 1 is 1.50 bits per heavy atom. The molecule has 0 amide bonds. The fourth-order valence-electron chi connectivity index (χ4n) is 1.61. The van der Waals surface area contributed by atoms with Crippen LogP contribution in [0.3, 0.4) is 0 Å². The monoisotopic (exact) mass is 252 g/mol. The zero-order valence-electron chi connectivity index (χ0n) is 10.4. The van der Waals surface area contributed by atoms with Gasteiger partial charge in [0.05, 0.1) is 4.92 Å². The number of benzene rings is 1. The fraction of sp³-hybridized carbons (Fsp3) is 0.417. The molecule has 1 rings (SSSR count). The molecule has 0 unspecified atom stereocenters. The molecule has 0 saturated heterocycles. The minimum atomic E-state index is -1.29. The van der Waals surface area contributed by atoms with Gasteiger partial charge in [-0.1, -0.05) is 13.3 Å². The van der Waals surface area contributed by atoms with Crippen molar-refractivity contribution < 1.29 is 14.8 Å². The Bertz CT molecular complexity index is 459. The van der Waals surface area contributed by atoms with E-state index >= 15 is 0 Å². The number of carbonyl (C=O) groups is 1. The smallest absolute Gasteiger partial charge is 0.342 e. The number of unbranched alkanes of at least 4 members (excludes halogenated alkanes) is 1. The van der Waals surface area contributed by atoms with E-state index in [0.717, 1.165) is 19.4 Å². The number of nitrogens with zero attached hydrogens (tertiary/aromatic N) is 2. The SMILES string of the molecule is CCCCN(C)c1ccc(C(=O)O)c([N+](=O)[O-])c1. The fourth-order valence-corrected chi connectivity index (χ4v) is 1.61. The number of nitro groups is 1. The maximum Gasteiger partial charge on any atom is 0.342 e. The third kappa shape index (κ3) is 3.19. The highest BCUT2D eigenvalue weighted by molar-refractivity contribution is 5.93. The Morgan fingerprint density at radius 2 is 2.17 bits per heavy atom. The van der Waals surface area contributed by atoms with Crippen LogP contribution in [0.15, 0.2) is 18.2 Å². The third-order valence-electron chi connectivity index (χ3n) is 2.70. The molecule has 0 aliphatic carbocycles. The van der Waals surface area contributed by atoms with Crippen LogP contribution >= 0.6 is 0 Å². The Kier molecular flexibility index (Phi) is 4.65. The Balaban J connectivity index is 3.07. The van der Waals surface area contributed by atoms with Crippen molar-refractivity contribution in [1.29, 1.82) is 0 Å². The zero-order valence-corrected chi connectivity index (χ0v) is 10.4. The van der Waals surface area contributed by atoms with Crippen molar-refractivity contribution in [3.05, 3.63) is 33.9 Å². The number of anilines is 1. The van der Waals surface area contributed by atoms with E-state index in [1.54, 1.807) is 6.07 Å². The van der Waals surface area contributed by atoms with E-state index in [-0.39, 0.29) is 11.3 Å². The summed E-state index contributed by atoms with van der Waals surface area (Å²) in [5.74, 6) is -1.29. The molecular weight excluding hydrogens is 236 g/mol. The second kappa shape index (κ2) is 6.00. The molecule has 0 atom stereocenters. The van der Waals surface area contributed by atoms with Crippen molar-refractivity contribution in [3.8, 4) is 0 Å². The molecule has 0 radical (unpaired) electrons. The molecule has 6 heteroatoms. The Hall–Kier alpha value is -2.11. The lowest BCUT2D eigenvalue weighted by atomic mass is 10.1. The summed E-state index contributed by atoms with van der Waals surface area (Å²) >= 11 is 0. The first-order chi connectivity index (χ1) is 8.47. The lowest BCUT2D eigenvalue weighted by molar-refractivity contribution is -0.385. The van der Waals surface area contributed by atoms with Crippen molar-refractivity contribution in [1.82, 2.24) is 0 Å². The van der Waals surface area contributed by atoms with Gasteiger partial charge in [0.2, 0.25) is 0 Å². The molecule has 0 bridgehead atoms. The van der Waals surface area contributed by atoms with E-state index in [1.807, 2.05) is 11.9 Å². The minimum absolute atomic E-state index is 0.285. The van der Waals surface area contributed by atoms with Gasteiger partial charge < -0.3 is 10.0 Å². The first-order valence-electron chi connectivity index (χ1n) is 5.70. The summed E-state index contributed by atoms with van der Waals surface area (Å²) < 4.78 is 0. The van der Waals surface area contributed by atoms with Gasteiger partial charge in [-0.15, -0.1) is 0 Å². The normalized spacial score (nSPS) is 10.1. The maximum atomic E-state index is 10.9. The number of carboxylic acid groups (broad SMARTS) is 1. The number of nitro benzene ring substituents is 1. The molecule has 0 fully saturated rings. The number of rotatable bonds is 6. The van der Waals surface area contributed by atoms with E-state index in [0.29, 0.717) is 5.69 Å². The first-order valence-corrected chi connectivity index (χ1v) is 5.70. The standard InChI is InChI=1S/C12H16N2O4/c1-3-4-7-13(2)9-5-6-10(12(15)16)11(8-9)14(17)18/h5-6,8H,3-4,7H2,1-2H3,(H,15,16). The van der Waals surface area contributed by atoms with Crippen LogP contribution in [-0.4, -0.2) is 29.6 Å². The van der Waals surface area contributed by atoms with Gasteiger partial charge in [-0.2, -0.15) is 0 Å². The van der Waals surface area contributed by atoms with Gasteiger partial charge >= 0.3 is 5.97 Å². The van der Waals surface area contributed by atoms with Crippen molar-refractivity contribution in [2.24, 2.45) is 0 Å². The molecule has 1 N–H and O–H groups in total. The summed E-state index contributed by atoms with van der Waals surface area (Å²) in [6, 6.07) is 4.17. The minimum Gasteiger partial charge on any atom is -0.477 e. The number of aromatic carboxylic acids is 1. The highest BCUT2D eigenvalue weighted by Crippen LogP contribution is 2.25. The molecule has 0 heterocycles. The van der Waals surface area contributed by atoms with E-state index in [2.05, 4.69) is 6.92 Å². The molecule has 18 heavy (non-hydrogen) atoms. The molecule has 1 aromatic carbocycles. The van der Waals surface area contributed by atoms with Crippen LogP contribution in [0, 0.1) is 10.1 Å². The van der Waals surface area contributed by atoms with E-state index < -0.39 is 10.9 Å². The van der Waals surface area contributed by atoms with Crippen LogP contribution in [0.25, 0.3) is 0 Å². The number of hydrogen-bond acceptors (Lipinski definition) is 4. The van der Waals surface area contributed by atoms with E-state index in [1.165, 1.54) is 12.1 Å². The summed E-state index contributed by atoms with van der Waals surface area (Å²) in [7, 11) is 1.83. The molecule has 0 aliphatic heterocycles. The molecule has 6 nitrogen and oxygen atoms in total. The largest absolute Gasteiger partial charge is 0.477 e. The van der Waals surface area contributed by atoms with Crippen molar-refractivity contribution >= 4 is 17.3 Å². The Labute approximate surface area is 105 Å². The van der Waals surface area contributed by atoms with Crippen LogP contribution in [0.5, 0.6) is 0 Å². The molecular formula is C12H16N2O4. The van der Waals surface area contributed by atoms with Crippen LogP contribution in [0.1, 0.15) is 30.1 Å². The Morgan fingerprint density at radius 3 is 2.67 bits per heavy atom.